The molecule has 0 unspecified atom stereocenters. The van der Waals surface area contributed by atoms with Gasteiger partial charge in [-0.15, -0.1) is 0 Å². The Morgan fingerprint density at radius 2 is 0.500 bits per heavy atom. The molecular weight excluding hydrogens is 607 g/mol. The maximum Gasteiger partial charge on any atom is 3.00 e. The molecule has 0 saturated heterocycles. The van der Waals surface area contributed by atoms with Crippen molar-refractivity contribution in [3.8, 4) is 0 Å². The Morgan fingerprint density at radius 3 is 0.562 bits per heavy atom. The van der Waals surface area contributed by atoms with E-state index in [1.165, 1.54) is 0 Å². The van der Waals surface area contributed by atoms with E-state index in [0.29, 0.717) is 38.5 Å². The van der Waals surface area contributed by atoms with Crippen LogP contribution in [-0.2, 0) is 5.48 Å². The van der Waals surface area contributed by atoms with Gasteiger partial charge < -0.3 is 82.1 Å². The summed E-state index contributed by atoms with van der Waals surface area (Å²) < 4.78 is 0. The second-order valence-corrected chi connectivity index (χ2v) is 6.01. The first-order valence-electron chi connectivity index (χ1n) is 8.09. The van der Waals surface area contributed by atoms with E-state index in [9.17, 15) is 0 Å². The fourth-order valence-electron chi connectivity index (χ4n) is 2.46. The quantitative estimate of drug-likeness (QED) is 0.0664. The minimum atomic E-state index is -1.75. The minimum absolute atomic E-state index is 0. The van der Waals surface area contributed by atoms with E-state index >= 15 is 0 Å². The summed E-state index contributed by atoms with van der Waals surface area (Å²) in [4.78, 5) is 24.8. The molecule has 2 aliphatic rings. The standard InChI is InChI=1S/2C6H12O3.Ho.3NO3.H2O/c2*7-4-1-5(8)3-6(9)2-4;;3*2-1(3)4;/h2*4-9H,1-3H2;;;;;1H2/q;;+3;3*-1;/p+1. The zero-order chi connectivity index (χ0) is 24.4. The van der Waals surface area contributed by atoms with Gasteiger partial charge in [-0.3, -0.25) is 0 Å². The topological polar surface area (TPSA) is 353 Å². The molecule has 0 spiro atoms. The summed E-state index contributed by atoms with van der Waals surface area (Å²) in [5.41, 5.74) is 0. The molecule has 20 heteroatoms. The van der Waals surface area contributed by atoms with E-state index in [0.717, 1.165) is 0 Å². The zero-order valence-electron chi connectivity index (χ0n) is 16.3. The van der Waals surface area contributed by atoms with Crippen molar-refractivity contribution >= 4 is 0 Å². The molecule has 2 fully saturated rings. The maximum absolute atomic E-state index is 8.93. The first-order chi connectivity index (χ1) is 13.6. The Balaban J connectivity index is -0.0000000994. The minimum Gasteiger partial charge on any atom is -0.457 e. The van der Waals surface area contributed by atoms with Gasteiger partial charge in [0.15, 0.2) is 0 Å². The van der Waals surface area contributed by atoms with Crippen LogP contribution in [0.5, 0.6) is 0 Å². The van der Waals surface area contributed by atoms with Crippen LogP contribution in [0.3, 0.4) is 0 Å². The predicted molar refractivity (Wildman–Crippen MR) is 99.7 cm³/mol. The summed E-state index contributed by atoms with van der Waals surface area (Å²) >= 11 is 0. The summed E-state index contributed by atoms with van der Waals surface area (Å²) in [5.74, 6) is 0. The van der Waals surface area contributed by atoms with Crippen LogP contribution in [0.4, 0.5) is 0 Å². The van der Waals surface area contributed by atoms with Gasteiger partial charge >= 0.3 is 37.7 Å². The van der Waals surface area contributed by atoms with Crippen LogP contribution in [0.15, 0.2) is 0 Å². The second kappa shape index (κ2) is 24.2. The molecule has 0 atom stereocenters. The van der Waals surface area contributed by atoms with Crippen LogP contribution >= 0.6 is 0 Å². The van der Waals surface area contributed by atoms with Crippen LogP contribution in [0, 0.1) is 83.7 Å². The molecule has 0 bridgehead atoms. The van der Waals surface area contributed by atoms with Gasteiger partial charge in [-0.05, 0) is 38.5 Å². The van der Waals surface area contributed by atoms with Gasteiger partial charge in [-0.1, -0.05) is 0 Å². The van der Waals surface area contributed by atoms with Crippen molar-refractivity contribution in [2.24, 2.45) is 0 Å². The molecule has 19 nitrogen and oxygen atoms in total. The van der Waals surface area contributed by atoms with Crippen molar-refractivity contribution < 1.29 is 89.1 Å². The summed E-state index contributed by atoms with van der Waals surface area (Å²) in [6, 6.07) is 0. The molecule has 0 heterocycles. The van der Waals surface area contributed by atoms with Gasteiger partial charge in [0.2, 0.25) is 0 Å². The molecule has 2 aliphatic carbocycles. The average molecular weight is 634 g/mol. The summed E-state index contributed by atoms with van der Waals surface area (Å²) in [7, 11) is 0. The predicted octanol–water partition coefficient (Wildman–Crippen LogP) is -3.13. The fraction of sp³-hybridized carbons (Fsp3) is 1.00. The molecule has 32 heavy (non-hydrogen) atoms. The van der Waals surface area contributed by atoms with Crippen molar-refractivity contribution in [1.82, 2.24) is 0 Å². The Kier molecular flexibility index (Phi) is 31.0. The Labute approximate surface area is 209 Å². The molecule has 0 radical (unpaired) electrons. The smallest absolute Gasteiger partial charge is 0.457 e. The molecule has 2 saturated carbocycles. The van der Waals surface area contributed by atoms with Crippen molar-refractivity contribution in [2.45, 2.75) is 75.1 Å². The van der Waals surface area contributed by atoms with Crippen LogP contribution in [0.25, 0.3) is 0 Å². The van der Waals surface area contributed by atoms with E-state index < -0.39 is 51.9 Å². The molecular formula is C12H27HoN3O16+. The Bertz CT molecular complexity index is 375. The van der Waals surface area contributed by atoms with Gasteiger partial charge in [0.1, 0.15) is 0 Å². The third-order valence-corrected chi connectivity index (χ3v) is 3.26. The number of aliphatic hydroxyl groups excluding tert-OH is 6. The van der Waals surface area contributed by atoms with E-state index in [1.54, 1.807) is 0 Å². The zero-order valence-corrected chi connectivity index (χ0v) is 18.2. The first-order valence-corrected chi connectivity index (χ1v) is 8.09. The Hall–Kier alpha value is -1.42. The molecule has 2 rings (SSSR count). The van der Waals surface area contributed by atoms with Gasteiger partial charge in [-0.25, -0.2) is 0 Å². The van der Waals surface area contributed by atoms with E-state index in [1.807, 2.05) is 0 Å². The third-order valence-electron chi connectivity index (χ3n) is 3.26. The maximum atomic E-state index is 8.93. The first kappa shape index (κ1) is 40.9. The second-order valence-electron chi connectivity index (χ2n) is 6.01. The summed E-state index contributed by atoms with van der Waals surface area (Å²) in [6.07, 6.45) is -0.580. The van der Waals surface area contributed by atoms with Crippen LogP contribution in [0.1, 0.15) is 38.5 Å². The normalized spacial score (nSPS) is 27.6. The third kappa shape index (κ3) is 42.6. The van der Waals surface area contributed by atoms with E-state index in [4.69, 9.17) is 76.6 Å². The van der Waals surface area contributed by atoms with Crippen molar-refractivity contribution in [3.05, 3.63) is 46.0 Å². The van der Waals surface area contributed by atoms with Crippen LogP contribution in [-0.4, -0.2) is 82.5 Å². The molecule has 0 aliphatic heterocycles. The summed E-state index contributed by atoms with van der Waals surface area (Å²) in [6.45, 7) is 0. The largest absolute Gasteiger partial charge is 3.00 e. The van der Waals surface area contributed by atoms with Gasteiger partial charge in [-0.2, -0.15) is 0 Å². The SMILES string of the molecule is O=[N+]([O-])[O-].O=[N+]([O-])[O-].O=[N+]([O-])[O-].OC1CC(O)CC(O)C1.OC1CC(O)CC(O)C1.[Ho+3].[OH3+]. The molecule has 0 amide bonds. The van der Waals surface area contributed by atoms with E-state index in [2.05, 4.69) is 0 Å². The van der Waals surface area contributed by atoms with Crippen molar-refractivity contribution in [3.63, 3.8) is 0 Å². The monoisotopic (exact) mass is 634 g/mol. The number of hydrogen-bond acceptors (Lipinski definition) is 15. The molecule has 0 aromatic carbocycles. The van der Waals surface area contributed by atoms with Gasteiger partial charge in [0.25, 0.3) is 0 Å². The molecule has 0 aromatic heterocycles. The number of aliphatic hydroxyl groups is 6. The number of nitrogens with zero attached hydrogens (tertiary/aromatic N) is 3. The molecule has 196 valence electrons. The van der Waals surface area contributed by atoms with E-state index in [-0.39, 0.29) is 43.2 Å². The van der Waals surface area contributed by atoms with Crippen LogP contribution < -0.4 is 0 Å². The van der Waals surface area contributed by atoms with Gasteiger partial charge in [0.05, 0.1) is 51.9 Å². The van der Waals surface area contributed by atoms with Gasteiger partial charge in [0, 0.05) is 0 Å². The Morgan fingerprint density at radius 1 is 0.438 bits per heavy atom. The van der Waals surface area contributed by atoms with Crippen molar-refractivity contribution in [2.75, 3.05) is 0 Å². The fourth-order valence-corrected chi connectivity index (χ4v) is 2.46. The van der Waals surface area contributed by atoms with Crippen molar-refractivity contribution in [1.29, 1.82) is 0 Å². The average Bonchev–Trinajstić information content (AvgIpc) is 2.42. The summed E-state index contributed by atoms with van der Waals surface area (Å²) in [5, 5.41) is 97.8. The number of rotatable bonds is 0. The number of hydrogen-bond donors (Lipinski definition) is 6. The molecule has 0 aromatic rings. The van der Waals surface area contributed by atoms with Crippen LogP contribution in [0.2, 0.25) is 0 Å². The molecule has 9 N–H and O–H groups in total.